The van der Waals surface area contributed by atoms with Crippen molar-refractivity contribution < 1.29 is 27.5 Å². The van der Waals surface area contributed by atoms with Crippen molar-refractivity contribution in [3.63, 3.8) is 0 Å². The number of carbonyl (C=O) groups is 2. The maximum Gasteiger partial charge on any atom is 0.340 e. The van der Waals surface area contributed by atoms with Crippen LogP contribution in [0.5, 0.6) is 0 Å². The van der Waals surface area contributed by atoms with Crippen molar-refractivity contribution in [2.45, 2.75) is 68.2 Å². The molecule has 0 spiro atoms. The minimum Gasteiger partial charge on any atom is -0.465 e. The molecule has 0 aliphatic carbocycles. The predicted octanol–water partition coefficient (Wildman–Crippen LogP) is 2.55. The molecule has 4 rings (SSSR count). The molecule has 2 fully saturated rings. The van der Waals surface area contributed by atoms with Gasteiger partial charge in [-0.3, -0.25) is 4.79 Å². The number of sulfonamides is 1. The summed E-state index contributed by atoms with van der Waals surface area (Å²) < 4.78 is 39.2. The number of methoxy groups -OCH3 is 1. The number of rotatable bonds is 4. The molecule has 1 aromatic rings. The SMILES string of the molecule is COC(=O)c1c(S(=O)(=O)N2CCCCCCC2)sc2c1CCN(C(=O)C1CCCO1)C2. The molecule has 0 radical (unpaired) electrons. The van der Waals surface area contributed by atoms with Crippen molar-refractivity contribution >= 4 is 33.2 Å². The van der Waals surface area contributed by atoms with E-state index < -0.39 is 22.1 Å². The van der Waals surface area contributed by atoms with Gasteiger partial charge in [0.15, 0.2) is 0 Å². The first kappa shape index (κ1) is 22.7. The summed E-state index contributed by atoms with van der Waals surface area (Å²) >= 11 is 1.12. The summed E-state index contributed by atoms with van der Waals surface area (Å²) in [6, 6.07) is 0. The normalized spacial score (nSPS) is 23.1. The number of hydrogen-bond acceptors (Lipinski definition) is 7. The molecule has 31 heavy (non-hydrogen) atoms. The highest BCUT2D eigenvalue weighted by molar-refractivity contribution is 7.91. The van der Waals surface area contributed by atoms with Gasteiger partial charge in [0.1, 0.15) is 10.3 Å². The van der Waals surface area contributed by atoms with Crippen LogP contribution in [0.3, 0.4) is 0 Å². The standard InChI is InChI=1S/C21H30N2O6S2/c1-28-20(25)18-15-9-12-22(19(24)16-8-7-13-29-16)14-17(15)30-21(18)31(26,27)23-10-5-3-2-4-6-11-23/h16H,2-14H2,1H3. The number of carbonyl (C=O) groups excluding carboxylic acids is 2. The summed E-state index contributed by atoms with van der Waals surface area (Å²) in [7, 11) is -2.54. The molecule has 1 amide bonds. The molecule has 3 aliphatic heterocycles. The van der Waals surface area contributed by atoms with Crippen LogP contribution in [0.25, 0.3) is 0 Å². The fraction of sp³-hybridized carbons (Fsp3) is 0.714. The largest absolute Gasteiger partial charge is 0.465 e. The predicted molar refractivity (Wildman–Crippen MR) is 116 cm³/mol. The summed E-state index contributed by atoms with van der Waals surface area (Å²) in [6.45, 7) is 2.28. The quantitative estimate of drug-likeness (QED) is 0.628. The van der Waals surface area contributed by atoms with Crippen LogP contribution in [0.2, 0.25) is 0 Å². The summed E-state index contributed by atoms with van der Waals surface area (Å²) in [5, 5.41) is 0. The first-order valence-corrected chi connectivity index (χ1v) is 13.3. The lowest BCUT2D eigenvalue weighted by Crippen LogP contribution is -2.41. The molecule has 1 aromatic heterocycles. The van der Waals surface area contributed by atoms with E-state index in [-0.39, 0.29) is 15.7 Å². The third-order valence-electron chi connectivity index (χ3n) is 6.32. The lowest BCUT2D eigenvalue weighted by Gasteiger charge is -2.29. The molecule has 0 saturated carbocycles. The fourth-order valence-corrected chi connectivity index (χ4v) is 8.17. The van der Waals surface area contributed by atoms with E-state index in [0.717, 1.165) is 54.7 Å². The van der Waals surface area contributed by atoms with Gasteiger partial charge in [-0.2, -0.15) is 4.31 Å². The second-order valence-electron chi connectivity index (χ2n) is 8.34. The molecule has 0 N–H and O–H groups in total. The van der Waals surface area contributed by atoms with Crippen molar-refractivity contribution in [3.05, 3.63) is 16.0 Å². The zero-order valence-electron chi connectivity index (χ0n) is 17.9. The van der Waals surface area contributed by atoms with Crippen molar-refractivity contribution in [3.8, 4) is 0 Å². The first-order chi connectivity index (χ1) is 14.9. The van der Waals surface area contributed by atoms with Crippen LogP contribution in [0.4, 0.5) is 0 Å². The Kier molecular flexibility index (Phi) is 7.00. The Labute approximate surface area is 187 Å². The van der Waals surface area contributed by atoms with E-state index in [0.29, 0.717) is 51.2 Å². The van der Waals surface area contributed by atoms with E-state index in [1.807, 2.05) is 0 Å². The van der Waals surface area contributed by atoms with E-state index in [1.165, 1.54) is 11.4 Å². The summed E-state index contributed by atoms with van der Waals surface area (Å²) in [6.07, 6.45) is 6.41. The minimum absolute atomic E-state index is 0.0515. The minimum atomic E-state index is -3.81. The van der Waals surface area contributed by atoms with Gasteiger partial charge in [-0.05, 0) is 37.7 Å². The Bertz CT molecular complexity index is 928. The molecule has 2 saturated heterocycles. The number of fused-ring (bicyclic) bond motifs is 1. The van der Waals surface area contributed by atoms with Gasteiger partial charge >= 0.3 is 5.97 Å². The topological polar surface area (TPSA) is 93.2 Å². The van der Waals surface area contributed by atoms with Gasteiger partial charge in [0.2, 0.25) is 0 Å². The van der Waals surface area contributed by atoms with Crippen molar-refractivity contribution in [2.24, 2.45) is 0 Å². The number of hydrogen-bond donors (Lipinski definition) is 0. The average molecular weight is 471 g/mol. The summed E-state index contributed by atoms with van der Waals surface area (Å²) in [5.41, 5.74) is 0.868. The van der Waals surface area contributed by atoms with Crippen LogP contribution < -0.4 is 0 Å². The van der Waals surface area contributed by atoms with Gasteiger partial charge in [0.05, 0.1) is 19.2 Å². The first-order valence-electron chi connectivity index (χ1n) is 11.1. The molecule has 4 heterocycles. The Morgan fingerprint density at radius 2 is 1.77 bits per heavy atom. The molecule has 172 valence electrons. The van der Waals surface area contributed by atoms with Crippen LogP contribution in [-0.2, 0) is 37.3 Å². The Balaban J connectivity index is 1.66. The van der Waals surface area contributed by atoms with Gasteiger partial charge in [-0.25, -0.2) is 13.2 Å². The molecule has 1 atom stereocenters. The second-order valence-corrected chi connectivity index (χ2v) is 11.6. The monoisotopic (exact) mass is 470 g/mol. The van der Waals surface area contributed by atoms with E-state index in [4.69, 9.17) is 9.47 Å². The van der Waals surface area contributed by atoms with Gasteiger partial charge < -0.3 is 14.4 Å². The van der Waals surface area contributed by atoms with E-state index in [9.17, 15) is 18.0 Å². The van der Waals surface area contributed by atoms with Crippen molar-refractivity contribution in [1.82, 2.24) is 9.21 Å². The van der Waals surface area contributed by atoms with Gasteiger partial charge in [-0.15, -0.1) is 11.3 Å². The Morgan fingerprint density at radius 1 is 1.06 bits per heavy atom. The number of esters is 1. The van der Waals surface area contributed by atoms with Crippen LogP contribution in [-0.4, -0.2) is 69.0 Å². The molecule has 0 aromatic carbocycles. The Hall–Kier alpha value is -1.49. The number of thiophene rings is 1. The molecular formula is C21H30N2O6S2. The maximum absolute atomic E-state index is 13.6. The van der Waals surface area contributed by atoms with Gasteiger partial charge in [0.25, 0.3) is 15.9 Å². The number of ether oxygens (including phenoxy) is 2. The highest BCUT2D eigenvalue weighted by Gasteiger charge is 2.38. The van der Waals surface area contributed by atoms with Crippen LogP contribution in [0, 0.1) is 0 Å². The molecule has 3 aliphatic rings. The smallest absolute Gasteiger partial charge is 0.340 e. The third-order valence-corrected chi connectivity index (χ3v) is 9.93. The lowest BCUT2D eigenvalue weighted by molar-refractivity contribution is -0.141. The van der Waals surface area contributed by atoms with Crippen LogP contribution in [0.15, 0.2) is 4.21 Å². The highest BCUT2D eigenvalue weighted by atomic mass is 32.2. The lowest BCUT2D eigenvalue weighted by atomic mass is 10.0. The molecule has 10 heteroatoms. The summed E-state index contributed by atoms with van der Waals surface area (Å²) in [4.78, 5) is 27.9. The van der Waals surface area contributed by atoms with Crippen molar-refractivity contribution in [2.75, 3.05) is 33.4 Å². The number of nitrogens with zero attached hydrogens (tertiary/aromatic N) is 2. The molecule has 1 unspecified atom stereocenters. The van der Waals surface area contributed by atoms with Crippen LogP contribution in [0.1, 0.15) is 65.7 Å². The van der Waals surface area contributed by atoms with Crippen molar-refractivity contribution in [1.29, 1.82) is 0 Å². The van der Waals surface area contributed by atoms with Gasteiger partial charge in [0, 0.05) is 31.1 Å². The van der Waals surface area contributed by atoms with E-state index in [1.54, 1.807) is 4.90 Å². The highest BCUT2D eigenvalue weighted by Crippen LogP contribution is 2.38. The third kappa shape index (κ3) is 4.53. The zero-order valence-corrected chi connectivity index (χ0v) is 19.6. The zero-order chi connectivity index (χ0) is 22.0. The molecular weight excluding hydrogens is 440 g/mol. The summed E-state index contributed by atoms with van der Waals surface area (Å²) in [5.74, 6) is -0.675. The fourth-order valence-electron chi connectivity index (χ4n) is 4.61. The van der Waals surface area contributed by atoms with E-state index >= 15 is 0 Å². The molecule has 8 nitrogen and oxygen atoms in total. The van der Waals surface area contributed by atoms with Crippen LogP contribution >= 0.6 is 11.3 Å². The van der Waals surface area contributed by atoms with Gasteiger partial charge in [-0.1, -0.05) is 19.3 Å². The van der Waals surface area contributed by atoms with E-state index in [2.05, 4.69) is 0 Å². The number of amides is 1. The second kappa shape index (κ2) is 9.56. The molecule has 0 bridgehead atoms. The average Bonchev–Trinajstić information content (AvgIpc) is 3.40. The maximum atomic E-state index is 13.6. The Morgan fingerprint density at radius 3 is 2.42 bits per heavy atom.